The van der Waals surface area contributed by atoms with Gasteiger partial charge in [-0.15, -0.1) is 0 Å². The van der Waals surface area contributed by atoms with Crippen LogP contribution in [0.15, 0.2) is 48.7 Å². The van der Waals surface area contributed by atoms with Gasteiger partial charge in [-0.1, -0.05) is 18.2 Å². The first-order valence-electron chi connectivity index (χ1n) is 11.1. The molecule has 1 amide bonds. The van der Waals surface area contributed by atoms with E-state index in [1.54, 1.807) is 6.07 Å². The van der Waals surface area contributed by atoms with Gasteiger partial charge in [-0.3, -0.25) is 4.98 Å². The van der Waals surface area contributed by atoms with Crippen LogP contribution in [0.5, 0.6) is 0 Å². The second-order valence-corrected chi connectivity index (χ2v) is 11.4. The Hall–Kier alpha value is -2.82. The molecule has 184 valence electrons. The van der Waals surface area contributed by atoms with Crippen molar-refractivity contribution in [2.75, 3.05) is 20.2 Å². The lowest BCUT2D eigenvalue weighted by molar-refractivity contribution is 0.0230. The second-order valence-electron chi connectivity index (χ2n) is 9.33. The van der Waals surface area contributed by atoms with Crippen LogP contribution in [0.3, 0.4) is 0 Å². The Kier molecular flexibility index (Phi) is 7.74. The van der Waals surface area contributed by atoms with Crippen LogP contribution in [-0.4, -0.2) is 56.5 Å². The van der Waals surface area contributed by atoms with Gasteiger partial charge in [0.15, 0.2) is 0 Å². The van der Waals surface area contributed by atoms with Crippen molar-refractivity contribution < 1.29 is 27.5 Å². The fourth-order valence-electron chi connectivity index (χ4n) is 3.96. The SMILES string of the molecule is COC(=O)c1ccc(CNS(=O)(=O)C2CC[N+](C(=O)OC(C)(C)C)(c3ccccc3)CC2)nc1. The van der Waals surface area contributed by atoms with Gasteiger partial charge in [-0.25, -0.2) is 17.9 Å². The maximum absolute atomic E-state index is 13.2. The molecule has 0 unspecified atom stereocenters. The van der Waals surface area contributed by atoms with Crippen LogP contribution in [0.1, 0.15) is 49.7 Å². The summed E-state index contributed by atoms with van der Waals surface area (Å²) in [5.74, 6) is -0.508. The number of esters is 1. The van der Waals surface area contributed by atoms with Gasteiger partial charge in [0.05, 0.1) is 43.3 Å². The quantitative estimate of drug-likeness (QED) is 0.488. The van der Waals surface area contributed by atoms with E-state index in [0.29, 0.717) is 37.2 Å². The Morgan fingerprint density at radius 3 is 2.26 bits per heavy atom. The molecule has 1 aliphatic rings. The summed E-state index contributed by atoms with van der Waals surface area (Å²) in [5, 5.41) is -0.640. The normalized spacial score (nSPS) is 21.0. The van der Waals surface area contributed by atoms with E-state index in [1.165, 1.54) is 19.4 Å². The number of para-hydroxylation sites is 1. The molecule has 0 aliphatic carbocycles. The van der Waals surface area contributed by atoms with Crippen molar-refractivity contribution in [3.8, 4) is 0 Å². The maximum Gasteiger partial charge on any atom is 0.521 e. The fourth-order valence-corrected chi connectivity index (χ4v) is 5.38. The Labute approximate surface area is 200 Å². The number of aromatic nitrogens is 1. The fraction of sp³-hybridized carbons (Fsp3) is 0.458. The minimum Gasteiger partial charge on any atom is -0.465 e. The molecule has 0 atom stereocenters. The molecular formula is C24H32N3O6S+. The standard InChI is InChI=1S/C24H32N3O6S/c1-24(2,3)33-23(29)27(20-8-6-5-7-9-20)14-12-21(13-15-27)34(30,31)26-17-19-11-10-18(16-25-19)22(28)32-4/h5-11,16,21,26H,12-15,17H2,1-4H3/q+1. The summed E-state index contributed by atoms with van der Waals surface area (Å²) in [6, 6.07) is 12.5. The minimum absolute atomic E-state index is 0.00500. The average molecular weight is 491 g/mol. The zero-order valence-corrected chi connectivity index (χ0v) is 20.8. The molecule has 10 heteroatoms. The monoisotopic (exact) mass is 490 g/mol. The lowest BCUT2D eigenvalue weighted by atomic mass is 10.1. The van der Waals surface area contributed by atoms with Crippen molar-refractivity contribution in [1.82, 2.24) is 14.2 Å². The summed E-state index contributed by atoms with van der Waals surface area (Å²) in [5.41, 5.74) is 0.905. The van der Waals surface area contributed by atoms with Gasteiger partial charge in [0.25, 0.3) is 0 Å². The van der Waals surface area contributed by atoms with Gasteiger partial charge in [-0.05, 0) is 45.0 Å². The van der Waals surface area contributed by atoms with Gasteiger partial charge >= 0.3 is 12.1 Å². The first kappa shape index (κ1) is 25.8. The van der Waals surface area contributed by atoms with Crippen LogP contribution in [0, 0.1) is 0 Å². The molecular weight excluding hydrogens is 458 g/mol. The number of piperidine rings is 1. The van der Waals surface area contributed by atoms with Crippen molar-refractivity contribution in [3.05, 3.63) is 59.9 Å². The molecule has 2 heterocycles. The molecule has 1 N–H and O–H groups in total. The Bertz CT molecular complexity index is 1100. The lowest BCUT2D eigenvalue weighted by Gasteiger charge is -2.40. The third-order valence-corrected chi connectivity index (χ3v) is 7.69. The number of amides is 1. The molecule has 1 fully saturated rings. The summed E-state index contributed by atoms with van der Waals surface area (Å²) in [4.78, 5) is 28.9. The highest BCUT2D eigenvalue weighted by Crippen LogP contribution is 2.33. The van der Waals surface area contributed by atoms with E-state index in [4.69, 9.17) is 4.74 Å². The lowest BCUT2D eigenvalue weighted by Crippen LogP contribution is -2.61. The minimum atomic E-state index is -3.65. The first-order valence-corrected chi connectivity index (χ1v) is 12.7. The van der Waals surface area contributed by atoms with E-state index in [9.17, 15) is 18.0 Å². The Morgan fingerprint density at radius 2 is 1.74 bits per heavy atom. The van der Waals surface area contributed by atoms with Crippen LogP contribution >= 0.6 is 0 Å². The number of likely N-dealkylation sites (tertiary alicyclic amines) is 1. The number of hydrogen-bond acceptors (Lipinski definition) is 7. The highest BCUT2D eigenvalue weighted by molar-refractivity contribution is 7.90. The van der Waals surface area contributed by atoms with E-state index in [0.717, 1.165) is 5.69 Å². The Morgan fingerprint density at radius 1 is 1.09 bits per heavy atom. The summed E-state index contributed by atoms with van der Waals surface area (Å²) in [7, 11) is -2.37. The number of nitrogens with zero attached hydrogens (tertiary/aromatic N) is 2. The highest BCUT2D eigenvalue weighted by atomic mass is 32.2. The molecule has 1 aromatic carbocycles. The van der Waals surface area contributed by atoms with Gasteiger partial charge in [0.2, 0.25) is 10.0 Å². The van der Waals surface area contributed by atoms with E-state index < -0.39 is 26.8 Å². The van der Waals surface area contributed by atoms with Crippen molar-refractivity contribution in [1.29, 1.82) is 0 Å². The van der Waals surface area contributed by atoms with Crippen LogP contribution < -0.4 is 9.21 Å². The van der Waals surface area contributed by atoms with Gasteiger partial charge < -0.3 is 9.47 Å². The molecule has 1 aromatic heterocycles. The van der Waals surface area contributed by atoms with Gasteiger partial charge in [0, 0.05) is 19.0 Å². The van der Waals surface area contributed by atoms with Crippen LogP contribution in [0.2, 0.25) is 0 Å². The molecule has 1 saturated heterocycles. The molecule has 9 nitrogen and oxygen atoms in total. The summed E-state index contributed by atoms with van der Waals surface area (Å²) < 4.78 is 38.9. The van der Waals surface area contributed by atoms with E-state index in [-0.39, 0.29) is 17.1 Å². The van der Waals surface area contributed by atoms with E-state index in [2.05, 4.69) is 14.4 Å². The number of methoxy groups -OCH3 is 1. The molecule has 0 spiro atoms. The van der Waals surface area contributed by atoms with Crippen molar-refractivity contribution >= 4 is 27.8 Å². The number of ether oxygens (including phenoxy) is 2. The molecule has 34 heavy (non-hydrogen) atoms. The summed E-state index contributed by atoms with van der Waals surface area (Å²) in [6.45, 7) is 6.09. The van der Waals surface area contributed by atoms with Gasteiger partial charge in [0.1, 0.15) is 11.3 Å². The number of hydrogen-bond donors (Lipinski definition) is 1. The van der Waals surface area contributed by atoms with Crippen LogP contribution in [0.4, 0.5) is 10.5 Å². The molecule has 0 radical (unpaired) electrons. The summed E-state index contributed by atoms with van der Waals surface area (Å²) in [6.07, 6.45) is 1.58. The predicted octanol–water partition coefficient (Wildman–Crippen LogP) is 3.39. The molecule has 2 aromatic rings. The second kappa shape index (κ2) is 10.2. The number of nitrogens with one attached hydrogen (secondary N) is 1. The Balaban J connectivity index is 1.70. The zero-order chi connectivity index (χ0) is 25.0. The van der Waals surface area contributed by atoms with Gasteiger partial charge in [-0.2, -0.15) is 9.28 Å². The zero-order valence-electron chi connectivity index (χ0n) is 20.0. The molecule has 0 bridgehead atoms. The predicted molar refractivity (Wildman–Crippen MR) is 129 cm³/mol. The smallest absolute Gasteiger partial charge is 0.465 e. The summed E-state index contributed by atoms with van der Waals surface area (Å²) >= 11 is 0. The third kappa shape index (κ3) is 5.99. The topological polar surface area (TPSA) is 112 Å². The number of benzene rings is 1. The number of carbonyl (C=O) groups excluding carboxylic acids is 2. The molecule has 0 saturated carbocycles. The average Bonchev–Trinajstić information content (AvgIpc) is 2.82. The highest BCUT2D eigenvalue weighted by Gasteiger charge is 2.48. The van der Waals surface area contributed by atoms with Crippen LogP contribution in [0.25, 0.3) is 0 Å². The number of carbonyl (C=O) groups is 2. The van der Waals surface area contributed by atoms with Crippen molar-refractivity contribution in [3.63, 3.8) is 0 Å². The largest absolute Gasteiger partial charge is 0.521 e. The van der Waals surface area contributed by atoms with Crippen LogP contribution in [-0.2, 0) is 26.0 Å². The molecule has 1 aliphatic heterocycles. The van der Waals surface area contributed by atoms with Crippen molar-refractivity contribution in [2.24, 2.45) is 0 Å². The van der Waals surface area contributed by atoms with Crippen molar-refractivity contribution in [2.45, 2.75) is 51.0 Å². The number of quaternary nitrogens is 1. The van der Waals surface area contributed by atoms with E-state index >= 15 is 0 Å². The first-order chi connectivity index (χ1) is 16.0. The number of rotatable bonds is 6. The number of pyridine rings is 1. The third-order valence-electron chi connectivity index (χ3n) is 5.80. The maximum atomic E-state index is 13.2. The number of sulfonamides is 1. The van der Waals surface area contributed by atoms with E-state index in [1.807, 2.05) is 51.1 Å². The molecule has 3 rings (SSSR count).